The molecule has 0 saturated heterocycles. The summed E-state index contributed by atoms with van der Waals surface area (Å²) in [6.45, 7) is 4.57. The van der Waals surface area contributed by atoms with Crippen LogP contribution in [0.4, 0.5) is 11.4 Å². The minimum atomic E-state index is -0.194. The van der Waals surface area contributed by atoms with Crippen LogP contribution in [0.25, 0.3) is 0 Å². The van der Waals surface area contributed by atoms with Gasteiger partial charge in [0.15, 0.2) is 11.5 Å². The molecule has 6 nitrogen and oxygen atoms in total. The van der Waals surface area contributed by atoms with E-state index in [1.807, 2.05) is 50.2 Å². The number of carbonyl (C=O) groups excluding carboxylic acids is 1. The first-order chi connectivity index (χ1) is 14.0. The van der Waals surface area contributed by atoms with Crippen LogP contribution in [0.2, 0.25) is 0 Å². The van der Waals surface area contributed by atoms with Crippen molar-refractivity contribution in [3.05, 3.63) is 77.1 Å². The molecule has 150 valence electrons. The van der Waals surface area contributed by atoms with Gasteiger partial charge >= 0.3 is 0 Å². The predicted octanol–water partition coefficient (Wildman–Crippen LogP) is 4.58. The summed E-state index contributed by atoms with van der Waals surface area (Å²) in [4.78, 5) is 16.8. The fourth-order valence-electron chi connectivity index (χ4n) is 2.94. The molecule has 1 heterocycles. The number of hydrogen-bond acceptors (Lipinski definition) is 5. The standard InChI is InChI=1S/C23H25N3O3/c1-15-6-5-7-20(16(15)2)26-23(27)18-11-19(14-24-13-18)25-12-17-8-9-21(28-3)22(10-17)29-4/h5-11,13-14,25H,12H2,1-4H3,(H,26,27). The van der Waals surface area contributed by atoms with Gasteiger partial charge in [-0.1, -0.05) is 18.2 Å². The SMILES string of the molecule is COc1ccc(CNc2cncc(C(=O)Nc3cccc(C)c3C)c2)cc1OC. The van der Waals surface area contributed by atoms with E-state index >= 15 is 0 Å². The average Bonchev–Trinajstić information content (AvgIpc) is 2.75. The minimum absolute atomic E-state index is 0.194. The molecular formula is C23H25N3O3. The van der Waals surface area contributed by atoms with Gasteiger partial charge in [-0.3, -0.25) is 9.78 Å². The first-order valence-corrected chi connectivity index (χ1v) is 9.29. The number of aryl methyl sites for hydroxylation is 1. The Morgan fingerprint density at radius 2 is 1.79 bits per heavy atom. The fourth-order valence-corrected chi connectivity index (χ4v) is 2.94. The van der Waals surface area contributed by atoms with Gasteiger partial charge in [-0.2, -0.15) is 0 Å². The third kappa shape index (κ3) is 4.85. The molecule has 0 bridgehead atoms. The van der Waals surface area contributed by atoms with Crippen molar-refractivity contribution in [3.8, 4) is 11.5 Å². The lowest BCUT2D eigenvalue weighted by Crippen LogP contribution is -2.14. The molecule has 2 N–H and O–H groups in total. The zero-order chi connectivity index (χ0) is 20.8. The van der Waals surface area contributed by atoms with E-state index < -0.39 is 0 Å². The third-order valence-electron chi connectivity index (χ3n) is 4.80. The van der Waals surface area contributed by atoms with Crippen LogP contribution < -0.4 is 20.1 Å². The molecule has 0 fully saturated rings. The number of anilines is 2. The van der Waals surface area contributed by atoms with E-state index in [9.17, 15) is 4.79 Å². The second-order valence-corrected chi connectivity index (χ2v) is 6.71. The van der Waals surface area contributed by atoms with Gasteiger partial charge in [0.25, 0.3) is 5.91 Å². The highest BCUT2D eigenvalue weighted by atomic mass is 16.5. The maximum absolute atomic E-state index is 12.6. The highest BCUT2D eigenvalue weighted by Crippen LogP contribution is 2.28. The maximum Gasteiger partial charge on any atom is 0.257 e. The van der Waals surface area contributed by atoms with Crippen LogP contribution in [0.3, 0.4) is 0 Å². The minimum Gasteiger partial charge on any atom is -0.493 e. The van der Waals surface area contributed by atoms with Gasteiger partial charge in [0.2, 0.25) is 0 Å². The summed E-state index contributed by atoms with van der Waals surface area (Å²) in [7, 11) is 3.22. The molecule has 2 aromatic carbocycles. The molecule has 29 heavy (non-hydrogen) atoms. The smallest absolute Gasteiger partial charge is 0.257 e. The summed E-state index contributed by atoms with van der Waals surface area (Å²) >= 11 is 0. The second-order valence-electron chi connectivity index (χ2n) is 6.71. The number of nitrogens with one attached hydrogen (secondary N) is 2. The maximum atomic E-state index is 12.6. The Hall–Kier alpha value is -3.54. The van der Waals surface area contributed by atoms with E-state index in [-0.39, 0.29) is 5.91 Å². The van der Waals surface area contributed by atoms with Gasteiger partial charge in [0.05, 0.1) is 25.5 Å². The molecule has 0 aliphatic heterocycles. The lowest BCUT2D eigenvalue weighted by Gasteiger charge is -2.12. The molecule has 1 aromatic heterocycles. The summed E-state index contributed by atoms with van der Waals surface area (Å²) in [6.07, 6.45) is 3.25. The van der Waals surface area contributed by atoms with Crippen molar-refractivity contribution in [2.24, 2.45) is 0 Å². The van der Waals surface area contributed by atoms with Crippen molar-refractivity contribution < 1.29 is 14.3 Å². The molecule has 0 saturated carbocycles. The number of benzene rings is 2. The number of methoxy groups -OCH3 is 2. The number of aromatic nitrogens is 1. The number of amides is 1. The number of hydrogen-bond donors (Lipinski definition) is 2. The van der Waals surface area contributed by atoms with E-state index in [1.165, 1.54) is 0 Å². The highest BCUT2D eigenvalue weighted by molar-refractivity contribution is 6.05. The Kier molecular flexibility index (Phi) is 6.34. The Morgan fingerprint density at radius 1 is 1.00 bits per heavy atom. The van der Waals surface area contributed by atoms with Gasteiger partial charge in [-0.05, 0) is 54.8 Å². The van der Waals surface area contributed by atoms with Crippen LogP contribution in [0, 0.1) is 13.8 Å². The van der Waals surface area contributed by atoms with Crippen LogP contribution in [0.1, 0.15) is 27.0 Å². The summed E-state index contributed by atoms with van der Waals surface area (Å²) in [5, 5.41) is 6.25. The number of nitrogens with zero attached hydrogens (tertiary/aromatic N) is 1. The second kappa shape index (κ2) is 9.10. The Balaban J connectivity index is 1.69. The zero-order valence-corrected chi connectivity index (χ0v) is 17.1. The number of ether oxygens (including phenoxy) is 2. The predicted molar refractivity (Wildman–Crippen MR) is 115 cm³/mol. The number of pyridine rings is 1. The van der Waals surface area contributed by atoms with Crippen molar-refractivity contribution in [2.45, 2.75) is 20.4 Å². The van der Waals surface area contributed by atoms with Gasteiger partial charge in [0, 0.05) is 24.6 Å². The summed E-state index contributed by atoms with van der Waals surface area (Å²) in [6, 6.07) is 13.4. The Labute approximate surface area is 170 Å². The van der Waals surface area contributed by atoms with Crippen LogP contribution in [-0.4, -0.2) is 25.1 Å². The molecule has 0 unspecified atom stereocenters. The molecule has 0 radical (unpaired) electrons. The highest BCUT2D eigenvalue weighted by Gasteiger charge is 2.10. The lowest BCUT2D eigenvalue weighted by atomic mass is 10.1. The average molecular weight is 391 g/mol. The molecule has 0 aliphatic carbocycles. The van der Waals surface area contributed by atoms with Crippen molar-refractivity contribution in [1.82, 2.24) is 4.98 Å². The van der Waals surface area contributed by atoms with Crippen molar-refractivity contribution in [2.75, 3.05) is 24.9 Å². The van der Waals surface area contributed by atoms with Gasteiger partial charge in [0.1, 0.15) is 0 Å². The van der Waals surface area contributed by atoms with Gasteiger partial charge in [-0.15, -0.1) is 0 Å². The monoisotopic (exact) mass is 391 g/mol. The van der Waals surface area contributed by atoms with Gasteiger partial charge in [-0.25, -0.2) is 0 Å². The van der Waals surface area contributed by atoms with Crippen molar-refractivity contribution >= 4 is 17.3 Å². The Bertz CT molecular complexity index is 1020. The first kappa shape index (κ1) is 20.2. The molecule has 0 spiro atoms. The van der Waals surface area contributed by atoms with Crippen LogP contribution in [0.15, 0.2) is 54.9 Å². The molecule has 0 aliphatic rings. The lowest BCUT2D eigenvalue weighted by molar-refractivity contribution is 0.102. The number of rotatable bonds is 7. The largest absolute Gasteiger partial charge is 0.493 e. The van der Waals surface area contributed by atoms with Crippen molar-refractivity contribution in [1.29, 1.82) is 0 Å². The fraction of sp³-hybridized carbons (Fsp3) is 0.217. The molecule has 1 amide bonds. The van der Waals surface area contributed by atoms with E-state index in [2.05, 4.69) is 15.6 Å². The van der Waals surface area contributed by atoms with Gasteiger partial charge < -0.3 is 20.1 Å². The third-order valence-corrected chi connectivity index (χ3v) is 4.80. The van der Waals surface area contributed by atoms with E-state index in [0.29, 0.717) is 23.6 Å². The quantitative estimate of drug-likeness (QED) is 0.617. The van der Waals surface area contributed by atoms with Crippen LogP contribution in [0.5, 0.6) is 11.5 Å². The first-order valence-electron chi connectivity index (χ1n) is 9.29. The van der Waals surface area contributed by atoms with Crippen LogP contribution in [-0.2, 0) is 6.54 Å². The molecule has 6 heteroatoms. The molecule has 0 atom stereocenters. The summed E-state index contributed by atoms with van der Waals surface area (Å²) < 4.78 is 10.6. The zero-order valence-electron chi connectivity index (χ0n) is 17.1. The molecule has 3 aromatic rings. The topological polar surface area (TPSA) is 72.5 Å². The normalized spacial score (nSPS) is 10.3. The molecule has 3 rings (SSSR count). The number of carbonyl (C=O) groups is 1. The van der Waals surface area contributed by atoms with Crippen LogP contribution >= 0.6 is 0 Å². The van der Waals surface area contributed by atoms with E-state index in [4.69, 9.17) is 9.47 Å². The Morgan fingerprint density at radius 3 is 2.55 bits per heavy atom. The van der Waals surface area contributed by atoms with E-state index in [0.717, 1.165) is 28.1 Å². The summed E-state index contributed by atoms with van der Waals surface area (Å²) in [5.74, 6) is 1.16. The van der Waals surface area contributed by atoms with E-state index in [1.54, 1.807) is 32.7 Å². The van der Waals surface area contributed by atoms with Crippen molar-refractivity contribution in [3.63, 3.8) is 0 Å². The molecular weight excluding hydrogens is 366 g/mol. The summed E-state index contributed by atoms with van der Waals surface area (Å²) in [5.41, 5.74) is 5.26.